The zero-order valence-electron chi connectivity index (χ0n) is 11.1. The van der Waals surface area contributed by atoms with Crippen LogP contribution in [0.2, 0.25) is 0 Å². The molecule has 0 radical (unpaired) electrons. The molecule has 0 bridgehead atoms. The molecule has 2 N–H and O–H groups in total. The Morgan fingerprint density at radius 3 is 2.70 bits per heavy atom. The second kappa shape index (κ2) is 5.32. The molecule has 3 rings (SSSR count). The molecule has 1 saturated heterocycles. The summed E-state index contributed by atoms with van der Waals surface area (Å²) in [6.45, 7) is 1.82. The summed E-state index contributed by atoms with van der Waals surface area (Å²) in [4.78, 5) is 22.3. The van der Waals surface area contributed by atoms with E-state index in [1.165, 1.54) is 6.42 Å². The molecule has 2 aromatic heterocycles. The monoisotopic (exact) mass is 272 g/mol. The van der Waals surface area contributed by atoms with Crippen molar-refractivity contribution >= 4 is 11.9 Å². The van der Waals surface area contributed by atoms with Gasteiger partial charge in [0.2, 0.25) is 5.95 Å². The molecule has 2 aromatic rings. The van der Waals surface area contributed by atoms with Crippen LogP contribution < -0.4 is 10.6 Å². The minimum absolute atomic E-state index is 0.233. The highest BCUT2D eigenvalue weighted by molar-refractivity contribution is 5.92. The fourth-order valence-electron chi connectivity index (χ4n) is 2.35. The van der Waals surface area contributed by atoms with Crippen LogP contribution in [0, 0.1) is 0 Å². The quantitative estimate of drug-likeness (QED) is 0.921. The van der Waals surface area contributed by atoms with E-state index in [-0.39, 0.29) is 5.69 Å². The molecule has 3 heterocycles. The van der Waals surface area contributed by atoms with Gasteiger partial charge in [-0.1, -0.05) is 0 Å². The first-order chi connectivity index (χ1) is 9.74. The van der Waals surface area contributed by atoms with Crippen LogP contribution >= 0.6 is 0 Å². The standard InChI is InChI=1S/C14H16N4O2/c15-13(19)12-8-11(10-4-7-20-9-10)16-14(17-12)18-5-2-1-3-6-18/h4,7-9H,1-3,5-6H2,(H2,15,19). The van der Waals surface area contributed by atoms with Crippen molar-refractivity contribution in [2.45, 2.75) is 19.3 Å². The van der Waals surface area contributed by atoms with E-state index in [4.69, 9.17) is 10.2 Å². The van der Waals surface area contributed by atoms with Crippen molar-refractivity contribution < 1.29 is 9.21 Å². The Balaban J connectivity index is 2.02. The fraction of sp³-hybridized carbons (Fsp3) is 0.357. The summed E-state index contributed by atoms with van der Waals surface area (Å²) < 4.78 is 5.06. The van der Waals surface area contributed by atoms with Crippen LogP contribution in [0.1, 0.15) is 29.8 Å². The van der Waals surface area contributed by atoms with Gasteiger partial charge in [-0.3, -0.25) is 4.79 Å². The van der Waals surface area contributed by atoms with Gasteiger partial charge in [-0.25, -0.2) is 9.97 Å². The molecule has 0 aliphatic carbocycles. The van der Waals surface area contributed by atoms with Gasteiger partial charge in [0.25, 0.3) is 5.91 Å². The molecule has 0 unspecified atom stereocenters. The third-order valence-electron chi connectivity index (χ3n) is 3.42. The number of hydrogen-bond acceptors (Lipinski definition) is 5. The first kappa shape index (κ1) is 12.7. The minimum atomic E-state index is -0.546. The van der Waals surface area contributed by atoms with Crippen LogP contribution in [-0.2, 0) is 0 Å². The zero-order chi connectivity index (χ0) is 13.9. The number of aromatic nitrogens is 2. The molecule has 0 atom stereocenters. The highest BCUT2D eigenvalue weighted by Gasteiger charge is 2.17. The van der Waals surface area contributed by atoms with Gasteiger partial charge in [-0.15, -0.1) is 0 Å². The van der Waals surface area contributed by atoms with Crippen molar-refractivity contribution in [3.63, 3.8) is 0 Å². The summed E-state index contributed by atoms with van der Waals surface area (Å²) in [7, 11) is 0. The number of rotatable bonds is 3. The Bertz CT molecular complexity index is 604. The summed E-state index contributed by atoms with van der Waals surface area (Å²) in [6.07, 6.45) is 6.62. The summed E-state index contributed by atoms with van der Waals surface area (Å²) in [6, 6.07) is 3.40. The Kier molecular flexibility index (Phi) is 3.37. The van der Waals surface area contributed by atoms with Crippen molar-refractivity contribution in [3.8, 4) is 11.3 Å². The molecule has 104 valence electrons. The molecular weight excluding hydrogens is 256 g/mol. The fourth-order valence-corrected chi connectivity index (χ4v) is 2.35. The van der Waals surface area contributed by atoms with Crippen molar-refractivity contribution in [2.24, 2.45) is 5.73 Å². The van der Waals surface area contributed by atoms with Crippen molar-refractivity contribution in [1.82, 2.24) is 9.97 Å². The SMILES string of the molecule is NC(=O)c1cc(-c2ccoc2)nc(N2CCCCC2)n1. The molecule has 0 spiro atoms. The van der Waals surface area contributed by atoms with Gasteiger partial charge in [0, 0.05) is 18.7 Å². The van der Waals surface area contributed by atoms with E-state index < -0.39 is 5.91 Å². The molecule has 1 fully saturated rings. The zero-order valence-corrected chi connectivity index (χ0v) is 11.1. The van der Waals surface area contributed by atoms with Gasteiger partial charge in [-0.2, -0.15) is 0 Å². The first-order valence-electron chi connectivity index (χ1n) is 6.70. The lowest BCUT2D eigenvalue weighted by Gasteiger charge is -2.27. The Hall–Kier alpha value is -2.37. The van der Waals surface area contributed by atoms with E-state index in [0.717, 1.165) is 31.5 Å². The van der Waals surface area contributed by atoms with Crippen molar-refractivity contribution in [3.05, 3.63) is 30.4 Å². The molecule has 1 aliphatic rings. The predicted octanol–water partition coefficient (Wildman–Crippen LogP) is 1.83. The van der Waals surface area contributed by atoms with E-state index in [1.54, 1.807) is 24.7 Å². The Morgan fingerprint density at radius 2 is 2.05 bits per heavy atom. The lowest BCUT2D eigenvalue weighted by atomic mass is 10.1. The lowest BCUT2D eigenvalue weighted by Crippen LogP contribution is -2.31. The summed E-state index contributed by atoms with van der Waals surface area (Å²) in [5.74, 6) is 0.0209. The maximum Gasteiger partial charge on any atom is 0.267 e. The van der Waals surface area contributed by atoms with Gasteiger partial charge in [-0.05, 0) is 31.4 Å². The molecule has 1 aliphatic heterocycles. The molecule has 1 amide bonds. The number of amides is 1. The van der Waals surface area contributed by atoms with E-state index in [9.17, 15) is 4.79 Å². The third-order valence-corrected chi connectivity index (χ3v) is 3.42. The molecule has 0 aromatic carbocycles. The lowest BCUT2D eigenvalue weighted by molar-refractivity contribution is 0.0995. The number of hydrogen-bond donors (Lipinski definition) is 1. The number of carbonyl (C=O) groups excluding carboxylic acids is 1. The van der Waals surface area contributed by atoms with Crippen LogP contribution in [0.15, 0.2) is 29.1 Å². The van der Waals surface area contributed by atoms with Gasteiger partial charge >= 0.3 is 0 Å². The van der Waals surface area contributed by atoms with Crippen molar-refractivity contribution in [2.75, 3.05) is 18.0 Å². The number of primary amides is 1. The molecule has 20 heavy (non-hydrogen) atoms. The highest BCUT2D eigenvalue weighted by atomic mass is 16.3. The number of furan rings is 1. The van der Waals surface area contributed by atoms with Crippen LogP contribution in [0.25, 0.3) is 11.3 Å². The smallest absolute Gasteiger partial charge is 0.267 e. The summed E-state index contributed by atoms with van der Waals surface area (Å²) >= 11 is 0. The number of anilines is 1. The van der Waals surface area contributed by atoms with Crippen LogP contribution in [-0.4, -0.2) is 29.0 Å². The average molecular weight is 272 g/mol. The predicted molar refractivity (Wildman–Crippen MR) is 74.3 cm³/mol. The highest BCUT2D eigenvalue weighted by Crippen LogP contribution is 2.23. The molecule has 6 heteroatoms. The van der Waals surface area contributed by atoms with Crippen LogP contribution in [0.3, 0.4) is 0 Å². The Morgan fingerprint density at radius 1 is 1.25 bits per heavy atom. The van der Waals surface area contributed by atoms with Gasteiger partial charge < -0.3 is 15.1 Å². The maximum absolute atomic E-state index is 11.4. The van der Waals surface area contributed by atoms with Crippen LogP contribution in [0.5, 0.6) is 0 Å². The average Bonchev–Trinajstić information content (AvgIpc) is 3.02. The minimum Gasteiger partial charge on any atom is -0.472 e. The summed E-state index contributed by atoms with van der Waals surface area (Å²) in [5, 5.41) is 0. The van der Waals surface area contributed by atoms with Gasteiger partial charge in [0.15, 0.2) is 0 Å². The maximum atomic E-state index is 11.4. The first-order valence-corrected chi connectivity index (χ1v) is 6.70. The van der Waals surface area contributed by atoms with E-state index in [1.807, 2.05) is 0 Å². The number of nitrogens with two attached hydrogens (primary N) is 1. The second-order valence-corrected chi connectivity index (χ2v) is 4.86. The second-order valence-electron chi connectivity index (χ2n) is 4.86. The molecule has 0 saturated carbocycles. The van der Waals surface area contributed by atoms with Gasteiger partial charge in [0.05, 0.1) is 18.2 Å². The summed E-state index contributed by atoms with van der Waals surface area (Å²) in [5.41, 5.74) is 7.07. The molecular formula is C14H16N4O2. The van der Waals surface area contributed by atoms with E-state index >= 15 is 0 Å². The van der Waals surface area contributed by atoms with Crippen molar-refractivity contribution in [1.29, 1.82) is 0 Å². The number of nitrogens with zero attached hydrogens (tertiary/aromatic N) is 3. The van der Waals surface area contributed by atoms with E-state index in [2.05, 4.69) is 14.9 Å². The number of carbonyl (C=O) groups is 1. The normalized spacial score (nSPS) is 15.3. The van der Waals surface area contributed by atoms with Crippen LogP contribution in [0.4, 0.5) is 5.95 Å². The third kappa shape index (κ3) is 2.49. The van der Waals surface area contributed by atoms with Gasteiger partial charge in [0.1, 0.15) is 5.69 Å². The molecule has 6 nitrogen and oxygen atoms in total. The Labute approximate surface area is 116 Å². The van der Waals surface area contributed by atoms with E-state index in [0.29, 0.717) is 11.6 Å². The topological polar surface area (TPSA) is 85.2 Å². The largest absolute Gasteiger partial charge is 0.472 e. The number of piperidine rings is 1.